The molecule has 1 fully saturated rings. The van der Waals surface area contributed by atoms with Crippen molar-refractivity contribution in [2.24, 2.45) is 10.9 Å². The maximum Gasteiger partial charge on any atom is 0.413 e. The Bertz CT molecular complexity index is 997. The molecule has 2 atom stereocenters. The van der Waals surface area contributed by atoms with Gasteiger partial charge in [0.05, 0.1) is 5.75 Å². The van der Waals surface area contributed by atoms with E-state index in [9.17, 15) is 13.2 Å². The molecule has 2 heterocycles. The van der Waals surface area contributed by atoms with Gasteiger partial charge in [0.15, 0.2) is 9.84 Å². The van der Waals surface area contributed by atoms with Gasteiger partial charge in [-0.2, -0.15) is 0 Å². The first-order valence-corrected chi connectivity index (χ1v) is 11.8. The largest absolute Gasteiger partial charge is 0.444 e. The van der Waals surface area contributed by atoms with Crippen LogP contribution in [0.3, 0.4) is 0 Å². The zero-order valence-electron chi connectivity index (χ0n) is 16.4. The van der Waals surface area contributed by atoms with E-state index in [0.717, 1.165) is 24.0 Å². The summed E-state index contributed by atoms with van der Waals surface area (Å²) in [5, 5.41) is 2.69. The summed E-state index contributed by atoms with van der Waals surface area (Å²) in [5.74, 6) is 0.108. The second-order valence-corrected chi connectivity index (χ2v) is 12.3. The number of nitrogens with one attached hydrogen (secondary N) is 1. The minimum atomic E-state index is -3.56. The summed E-state index contributed by atoms with van der Waals surface area (Å²) in [6.07, 6.45) is 3.17. The van der Waals surface area contributed by atoms with Crippen LogP contribution in [0, 0.1) is 5.92 Å². The predicted molar refractivity (Wildman–Crippen MR) is 109 cm³/mol. The average molecular weight is 470 g/mol. The van der Waals surface area contributed by atoms with Gasteiger partial charge >= 0.3 is 6.09 Å². The minimum absolute atomic E-state index is 0.0349. The molecule has 0 unspecified atom stereocenters. The molecule has 1 aromatic rings. The fraction of sp³-hybridized carbons (Fsp3) is 0.632. The van der Waals surface area contributed by atoms with Crippen molar-refractivity contribution in [2.75, 3.05) is 5.75 Å². The highest BCUT2D eigenvalue weighted by Gasteiger charge is 2.62. The number of nitrogens with zero attached hydrogens (tertiary/aromatic N) is 2. The maximum absolute atomic E-state index is 13.5. The van der Waals surface area contributed by atoms with Crippen LogP contribution in [0.25, 0.3) is 0 Å². The number of amidine groups is 1. The summed E-state index contributed by atoms with van der Waals surface area (Å²) in [5.41, 5.74) is 0.261. The molecule has 0 aromatic carbocycles. The van der Waals surface area contributed by atoms with Gasteiger partial charge in [-0.3, -0.25) is 10.3 Å². The van der Waals surface area contributed by atoms with E-state index >= 15 is 0 Å². The van der Waals surface area contributed by atoms with Gasteiger partial charge in [0, 0.05) is 12.6 Å². The topological polar surface area (TPSA) is 97.7 Å². The predicted octanol–water partition coefficient (Wildman–Crippen LogP) is 3.12. The molecule has 1 aromatic heterocycles. The van der Waals surface area contributed by atoms with Crippen molar-refractivity contribution in [3.05, 3.63) is 28.0 Å². The van der Waals surface area contributed by atoms with Crippen molar-refractivity contribution >= 4 is 37.7 Å². The van der Waals surface area contributed by atoms with Gasteiger partial charge in [-0.25, -0.2) is 18.2 Å². The first-order chi connectivity index (χ1) is 12.9. The molecule has 28 heavy (non-hydrogen) atoms. The smallest absolute Gasteiger partial charge is 0.413 e. The summed E-state index contributed by atoms with van der Waals surface area (Å²) in [6, 6.07) is 1.82. The molecule has 9 heteroatoms. The number of rotatable bonds is 1. The lowest BCUT2D eigenvalue weighted by Gasteiger charge is -2.47. The Kier molecular flexibility index (Phi) is 4.26. The van der Waals surface area contributed by atoms with Crippen LogP contribution in [0.1, 0.15) is 51.7 Å². The van der Waals surface area contributed by atoms with Crippen molar-refractivity contribution < 1.29 is 17.9 Å². The minimum Gasteiger partial charge on any atom is -0.444 e. The second kappa shape index (κ2) is 6.01. The molecular weight excluding hydrogens is 446 g/mol. The van der Waals surface area contributed by atoms with Gasteiger partial charge in [-0.05, 0) is 79.6 Å². The van der Waals surface area contributed by atoms with E-state index in [-0.39, 0.29) is 17.5 Å². The molecule has 1 amide bonds. The number of ether oxygens (including phenoxy) is 1. The Balaban J connectivity index is 1.79. The molecule has 1 N–H and O–H groups in total. The second-order valence-electron chi connectivity index (χ2n) is 9.10. The number of amides is 1. The zero-order chi connectivity index (χ0) is 20.5. The van der Waals surface area contributed by atoms with Gasteiger partial charge < -0.3 is 4.74 Å². The maximum atomic E-state index is 13.5. The lowest BCUT2D eigenvalue weighted by Crippen LogP contribution is -2.63. The highest BCUT2D eigenvalue weighted by molar-refractivity contribution is 9.10. The summed E-state index contributed by atoms with van der Waals surface area (Å²) < 4.78 is 31.7. The van der Waals surface area contributed by atoms with Crippen molar-refractivity contribution in [1.29, 1.82) is 0 Å². The molecular formula is C19H24BrN3O4S. The molecule has 1 spiro atoms. The molecule has 1 aliphatic heterocycles. The molecule has 0 saturated heterocycles. The fourth-order valence-corrected chi connectivity index (χ4v) is 6.88. The monoisotopic (exact) mass is 469 g/mol. The molecule has 0 radical (unpaired) electrons. The number of carbonyl (C=O) groups excluding carboxylic acids is 1. The number of pyridine rings is 1. The Morgan fingerprint density at radius 3 is 2.64 bits per heavy atom. The lowest BCUT2D eigenvalue weighted by atomic mass is 9.73. The molecule has 2 aliphatic carbocycles. The Labute approximate surface area is 173 Å². The van der Waals surface area contributed by atoms with E-state index < -0.39 is 31.8 Å². The first-order valence-electron chi connectivity index (χ1n) is 9.34. The first kappa shape index (κ1) is 19.8. The summed E-state index contributed by atoms with van der Waals surface area (Å²) >= 11 is 3.35. The van der Waals surface area contributed by atoms with Crippen LogP contribution in [-0.4, -0.2) is 41.4 Å². The van der Waals surface area contributed by atoms with E-state index in [2.05, 4.69) is 26.2 Å². The number of sulfone groups is 1. The number of aliphatic imine (C=N–C) groups is 1. The van der Waals surface area contributed by atoms with E-state index in [1.165, 1.54) is 0 Å². The van der Waals surface area contributed by atoms with Gasteiger partial charge in [0.25, 0.3) is 0 Å². The highest BCUT2D eigenvalue weighted by atomic mass is 79.9. The number of fused-ring (bicyclic) bond motifs is 2. The van der Waals surface area contributed by atoms with Crippen LogP contribution in [0.4, 0.5) is 4.79 Å². The molecule has 1 saturated carbocycles. The third-order valence-electron chi connectivity index (χ3n) is 5.78. The number of hydrogen-bond acceptors (Lipinski definition) is 6. The molecule has 3 aliphatic rings. The average Bonchev–Trinajstić information content (AvgIpc) is 3.36. The zero-order valence-corrected chi connectivity index (χ0v) is 18.8. The lowest BCUT2D eigenvalue weighted by molar-refractivity contribution is 0.0560. The van der Waals surface area contributed by atoms with Crippen molar-refractivity contribution in [3.8, 4) is 0 Å². The van der Waals surface area contributed by atoms with Crippen molar-refractivity contribution in [2.45, 2.75) is 62.8 Å². The molecule has 152 valence electrons. The summed E-state index contributed by atoms with van der Waals surface area (Å²) in [4.78, 5) is 21.5. The number of aromatic nitrogens is 1. The fourth-order valence-electron chi connectivity index (χ4n) is 4.17. The Morgan fingerprint density at radius 2 is 2.04 bits per heavy atom. The van der Waals surface area contributed by atoms with Crippen molar-refractivity contribution in [1.82, 2.24) is 10.3 Å². The standard InChI is InChI=1S/C19H24BrN3O4S/c1-17(2,3)27-16(24)22-15-18(4,12-5-6-12)28(25,26)10-19(23-15)8-11-9-21-14(20)7-13(11)19/h7,9,12H,5-6,8,10H2,1-4H3,(H,22,23,24)/t18-,19-/m0/s1. The van der Waals surface area contributed by atoms with Gasteiger partial charge in [0.2, 0.25) is 0 Å². The van der Waals surface area contributed by atoms with Crippen LogP contribution >= 0.6 is 15.9 Å². The van der Waals surface area contributed by atoms with Crippen molar-refractivity contribution in [3.63, 3.8) is 0 Å². The van der Waals surface area contributed by atoms with Gasteiger partial charge in [-0.15, -0.1) is 0 Å². The van der Waals surface area contributed by atoms with Crippen LogP contribution in [0.15, 0.2) is 21.9 Å². The van der Waals surface area contributed by atoms with Crippen LogP contribution < -0.4 is 5.32 Å². The number of carbonyl (C=O) groups is 1. The quantitative estimate of drug-likeness (QED) is 0.637. The van der Waals surface area contributed by atoms with Gasteiger partial charge in [0.1, 0.15) is 26.3 Å². The third kappa shape index (κ3) is 3.07. The number of alkyl carbamates (subject to hydrolysis) is 1. The van der Waals surface area contributed by atoms with Crippen LogP contribution in [0.2, 0.25) is 0 Å². The van der Waals surface area contributed by atoms with E-state index in [4.69, 9.17) is 9.73 Å². The molecule has 4 rings (SSSR count). The van der Waals surface area contributed by atoms with E-state index in [1.54, 1.807) is 33.9 Å². The van der Waals surface area contributed by atoms with Crippen LogP contribution in [0.5, 0.6) is 0 Å². The molecule has 7 nitrogen and oxygen atoms in total. The SMILES string of the molecule is CC(C)(C)OC(=O)NC1=N[C@@]2(Cc3cnc(Br)cc32)CS(=O)(=O)[C@@]1(C)C1CC1. The third-order valence-corrected chi connectivity index (χ3v) is 8.89. The molecule has 0 bridgehead atoms. The number of halogens is 1. The normalized spacial score (nSPS) is 30.8. The summed E-state index contributed by atoms with van der Waals surface area (Å²) in [7, 11) is -3.56. The summed E-state index contributed by atoms with van der Waals surface area (Å²) in [6.45, 7) is 6.98. The Hall–Kier alpha value is -1.48. The van der Waals surface area contributed by atoms with Crippen LogP contribution in [-0.2, 0) is 26.5 Å². The highest BCUT2D eigenvalue weighted by Crippen LogP contribution is 2.53. The number of hydrogen-bond donors (Lipinski definition) is 1. The Morgan fingerprint density at radius 1 is 1.36 bits per heavy atom. The van der Waals surface area contributed by atoms with Gasteiger partial charge in [-0.1, -0.05) is 0 Å². The van der Waals surface area contributed by atoms with E-state index in [1.807, 2.05) is 6.07 Å². The van der Waals surface area contributed by atoms with E-state index in [0.29, 0.717) is 11.0 Å².